The Hall–Kier alpha value is -1.52. The zero-order valence-electron chi connectivity index (χ0n) is 13.4. The van der Waals surface area contributed by atoms with Gasteiger partial charge < -0.3 is 20.7 Å². The Morgan fingerprint density at radius 1 is 1.36 bits per heavy atom. The largest absolute Gasteiger partial charge is 0.387 e. The number of hydrogen-bond acceptors (Lipinski definition) is 8. The number of ether oxygens (including phenoxy) is 1. The first-order valence-electron chi connectivity index (χ1n) is 7.73. The third-order valence-corrected chi connectivity index (χ3v) is 4.63. The zero-order valence-corrected chi connectivity index (χ0v) is 15.5. The Morgan fingerprint density at radius 3 is 2.88 bits per heavy atom. The molecule has 1 aliphatic rings. The average molecular weight is 458 g/mol. The minimum atomic E-state index is -1.12. The van der Waals surface area contributed by atoms with E-state index in [1.54, 1.807) is 4.57 Å². The van der Waals surface area contributed by atoms with Crippen molar-refractivity contribution in [3.05, 3.63) is 12.7 Å². The lowest BCUT2D eigenvalue weighted by Crippen LogP contribution is -2.40. The molecule has 0 bridgehead atoms. The number of aromatic nitrogens is 4. The number of fused-ring (bicyclic) bond motifs is 1. The van der Waals surface area contributed by atoms with E-state index in [9.17, 15) is 10.2 Å². The molecule has 1 saturated heterocycles. The number of terminal acetylenes is 1. The highest BCUT2D eigenvalue weighted by Gasteiger charge is 2.44. The first-order valence-corrected chi connectivity index (χ1v) is 9.25. The molecule has 1 aliphatic heterocycles. The van der Waals surface area contributed by atoms with Crippen molar-refractivity contribution < 1.29 is 14.9 Å². The Balaban J connectivity index is 1.82. The summed E-state index contributed by atoms with van der Waals surface area (Å²) in [6.07, 6.45) is 4.63. The highest BCUT2D eigenvalue weighted by atomic mass is 127. The quantitative estimate of drug-likeness (QED) is 0.298. The van der Waals surface area contributed by atoms with Crippen molar-refractivity contribution in [3.8, 4) is 12.3 Å². The van der Waals surface area contributed by atoms with Gasteiger partial charge in [-0.05, 0) is 0 Å². The van der Waals surface area contributed by atoms with Gasteiger partial charge in [0.15, 0.2) is 17.7 Å². The summed E-state index contributed by atoms with van der Waals surface area (Å²) in [5.41, 5.74) is 6.65. The maximum Gasteiger partial charge on any atom is 0.167 e. The second-order valence-electron chi connectivity index (χ2n) is 5.76. The molecule has 0 radical (unpaired) electrons. The molecule has 3 heterocycles. The van der Waals surface area contributed by atoms with Crippen LogP contribution in [0.15, 0.2) is 12.7 Å². The first-order chi connectivity index (χ1) is 12.1. The van der Waals surface area contributed by atoms with E-state index >= 15 is 0 Å². The number of anilines is 1. The number of aliphatic hydroxyl groups is 2. The summed E-state index contributed by atoms with van der Waals surface area (Å²) in [5.74, 6) is 2.84. The molecule has 0 aliphatic carbocycles. The van der Waals surface area contributed by atoms with Gasteiger partial charge in [-0.3, -0.25) is 9.47 Å². The standard InChI is InChI=1S/C15H19IN6O3/c1-2-4-21(5-3-16)6-9-11(23)12(24)15(25-9)22-8-20-10-13(17)18-7-19-14(10)22/h1,7-9,11-12,15,23-24H,3-6H2,(H2,17,18,19)/t9-,11?,12?,15-/m1/s1. The first kappa shape index (κ1) is 18.3. The molecule has 0 spiro atoms. The lowest BCUT2D eigenvalue weighted by Gasteiger charge is -2.24. The van der Waals surface area contributed by atoms with Crippen LogP contribution in [0.5, 0.6) is 0 Å². The Kier molecular flexibility index (Phi) is 5.70. The molecular formula is C15H19IN6O3. The SMILES string of the molecule is C#CCN(CCI)C[C@H]1O[C@@H](n2cnc3c(N)ncnc32)C(O)C1O. The summed E-state index contributed by atoms with van der Waals surface area (Å²) in [6.45, 7) is 1.65. The van der Waals surface area contributed by atoms with Gasteiger partial charge in [0.1, 0.15) is 30.2 Å². The second kappa shape index (κ2) is 7.79. The molecule has 25 heavy (non-hydrogen) atoms. The van der Waals surface area contributed by atoms with Crippen molar-refractivity contribution in [1.82, 2.24) is 24.4 Å². The molecule has 10 heteroatoms. The number of nitrogens with zero attached hydrogens (tertiary/aromatic N) is 5. The van der Waals surface area contributed by atoms with E-state index in [0.29, 0.717) is 24.3 Å². The normalized spacial score (nSPS) is 26.4. The lowest BCUT2D eigenvalue weighted by molar-refractivity contribution is -0.0426. The van der Waals surface area contributed by atoms with E-state index in [4.69, 9.17) is 16.9 Å². The van der Waals surface area contributed by atoms with E-state index < -0.39 is 24.5 Å². The molecule has 4 N–H and O–H groups in total. The number of halogens is 1. The predicted octanol–water partition coefficient (Wildman–Crippen LogP) is -0.602. The van der Waals surface area contributed by atoms with Crippen LogP contribution in [0.1, 0.15) is 6.23 Å². The summed E-state index contributed by atoms with van der Waals surface area (Å²) in [6, 6.07) is 0. The maximum absolute atomic E-state index is 10.4. The van der Waals surface area contributed by atoms with Crippen LogP contribution in [-0.2, 0) is 4.74 Å². The topological polar surface area (TPSA) is 123 Å². The number of hydrogen-bond donors (Lipinski definition) is 3. The molecule has 2 aromatic heterocycles. The van der Waals surface area contributed by atoms with Gasteiger partial charge in [-0.15, -0.1) is 6.42 Å². The van der Waals surface area contributed by atoms with Gasteiger partial charge in [-0.1, -0.05) is 28.5 Å². The van der Waals surface area contributed by atoms with Crippen LogP contribution in [0.25, 0.3) is 11.2 Å². The van der Waals surface area contributed by atoms with Gasteiger partial charge >= 0.3 is 0 Å². The number of nitrogen functional groups attached to an aromatic ring is 1. The molecule has 2 aromatic rings. The summed E-state index contributed by atoms with van der Waals surface area (Å²) in [4.78, 5) is 14.2. The smallest absolute Gasteiger partial charge is 0.167 e. The van der Waals surface area contributed by atoms with Crippen molar-refractivity contribution in [2.24, 2.45) is 0 Å². The molecule has 4 atom stereocenters. The third kappa shape index (κ3) is 3.56. The minimum absolute atomic E-state index is 0.246. The average Bonchev–Trinajstić information content (AvgIpc) is 3.13. The van der Waals surface area contributed by atoms with Crippen LogP contribution in [0.2, 0.25) is 0 Å². The summed E-state index contributed by atoms with van der Waals surface area (Å²) in [5, 5.41) is 20.8. The fraction of sp³-hybridized carbons (Fsp3) is 0.533. The van der Waals surface area contributed by atoms with Crippen LogP contribution >= 0.6 is 22.6 Å². The number of rotatable bonds is 6. The van der Waals surface area contributed by atoms with Crippen LogP contribution in [-0.4, -0.2) is 77.0 Å². The highest BCUT2D eigenvalue weighted by molar-refractivity contribution is 14.1. The van der Waals surface area contributed by atoms with E-state index in [0.717, 1.165) is 11.0 Å². The molecule has 3 rings (SSSR count). The Bertz CT molecular complexity index is 778. The second-order valence-corrected chi connectivity index (χ2v) is 6.84. The lowest BCUT2D eigenvalue weighted by atomic mass is 10.1. The van der Waals surface area contributed by atoms with Gasteiger partial charge in [0, 0.05) is 17.5 Å². The van der Waals surface area contributed by atoms with Crippen LogP contribution in [0.4, 0.5) is 5.82 Å². The molecule has 1 fully saturated rings. The molecule has 0 amide bonds. The molecule has 9 nitrogen and oxygen atoms in total. The molecular weight excluding hydrogens is 439 g/mol. The zero-order chi connectivity index (χ0) is 18.0. The molecule has 0 aromatic carbocycles. The van der Waals surface area contributed by atoms with Crippen LogP contribution in [0.3, 0.4) is 0 Å². The maximum atomic E-state index is 10.4. The van der Waals surface area contributed by atoms with E-state index in [1.807, 2.05) is 4.90 Å². The minimum Gasteiger partial charge on any atom is -0.387 e. The fourth-order valence-corrected chi connectivity index (χ4v) is 3.59. The van der Waals surface area contributed by atoms with Crippen molar-refractivity contribution in [2.75, 3.05) is 29.8 Å². The van der Waals surface area contributed by atoms with Crippen molar-refractivity contribution in [1.29, 1.82) is 0 Å². The van der Waals surface area contributed by atoms with Crippen LogP contribution in [0, 0.1) is 12.3 Å². The fourth-order valence-electron chi connectivity index (χ4n) is 2.90. The van der Waals surface area contributed by atoms with E-state index in [2.05, 4.69) is 43.5 Å². The molecule has 2 unspecified atom stereocenters. The van der Waals surface area contributed by atoms with E-state index in [-0.39, 0.29) is 5.82 Å². The Morgan fingerprint density at radius 2 is 2.16 bits per heavy atom. The number of imidazole rings is 1. The third-order valence-electron chi connectivity index (χ3n) is 4.15. The highest BCUT2D eigenvalue weighted by Crippen LogP contribution is 2.32. The van der Waals surface area contributed by atoms with Gasteiger partial charge in [0.25, 0.3) is 0 Å². The van der Waals surface area contributed by atoms with Gasteiger partial charge in [0.05, 0.1) is 12.9 Å². The van der Waals surface area contributed by atoms with Crippen molar-refractivity contribution in [2.45, 2.75) is 24.5 Å². The Labute approximate surface area is 158 Å². The monoisotopic (exact) mass is 458 g/mol. The summed E-state index contributed by atoms with van der Waals surface area (Å²) < 4.78 is 8.37. The predicted molar refractivity (Wildman–Crippen MR) is 99.8 cm³/mol. The van der Waals surface area contributed by atoms with Gasteiger partial charge in [0.2, 0.25) is 0 Å². The number of nitrogens with two attached hydrogens (primary N) is 1. The molecule has 134 valence electrons. The van der Waals surface area contributed by atoms with Crippen molar-refractivity contribution in [3.63, 3.8) is 0 Å². The summed E-state index contributed by atoms with van der Waals surface area (Å²) >= 11 is 2.26. The number of aliphatic hydroxyl groups excluding tert-OH is 2. The van der Waals surface area contributed by atoms with Crippen LogP contribution < -0.4 is 5.73 Å². The van der Waals surface area contributed by atoms with E-state index in [1.165, 1.54) is 12.7 Å². The summed E-state index contributed by atoms with van der Waals surface area (Å²) in [7, 11) is 0. The number of alkyl halides is 1. The molecule has 0 saturated carbocycles. The van der Waals surface area contributed by atoms with Gasteiger partial charge in [-0.25, -0.2) is 15.0 Å². The van der Waals surface area contributed by atoms with Crippen molar-refractivity contribution >= 4 is 39.6 Å². The van der Waals surface area contributed by atoms with Gasteiger partial charge in [-0.2, -0.15) is 0 Å².